The zero-order valence-electron chi connectivity index (χ0n) is 19.1. The summed E-state index contributed by atoms with van der Waals surface area (Å²) in [7, 11) is 0. The van der Waals surface area contributed by atoms with E-state index in [1.807, 2.05) is 49.0 Å². The third kappa shape index (κ3) is 5.00. The molecule has 170 valence electrons. The lowest BCUT2D eigenvalue weighted by molar-refractivity contribution is -0.147. The Bertz CT molecular complexity index is 1050. The number of carbonyl (C=O) groups is 1. The van der Waals surface area contributed by atoms with Gasteiger partial charge in [0.15, 0.2) is 5.65 Å². The summed E-state index contributed by atoms with van der Waals surface area (Å²) in [5.74, 6) is 1.61. The van der Waals surface area contributed by atoms with Crippen molar-refractivity contribution in [1.29, 1.82) is 0 Å². The highest BCUT2D eigenvalue weighted by molar-refractivity contribution is 5.71. The van der Waals surface area contributed by atoms with Crippen LogP contribution in [0.15, 0.2) is 36.8 Å². The zero-order chi connectivity index (χ0) is 22.5. The molecule has 3 aromatic heterocycles. The highest BCUT2D eigenvalue weighted by atomic mass is 16.5. The van der Waals surface area contributed by atoms with E-state index in [2.05, 4.69) is 27.2 Å². The number of hydrogen-bond donors (Lipinski definition) is 1. The average Bonchev–Trinajstić information content (AvgIpc) is 3.21. The maximum atomic E-state index is 12.4. The molecule has 1 fully saturated rings. The van der Waals surface area contributed by atoms with Gasteiger partial charge >= 0.3 is 5.97 Å². The molecule has 0 aliphatic carbocycles. The van der Waals surface area contributed by atoms with Crippen LogP contribution in [0, 0.1) is 0 Å². The number of piperidine rings is 1. The molecule has 32 heavy (non-hydrogen) atoms. The first-order valence-corrected chi connectivity index (χ1v) is 11.5. The van der Waals surface area contributed by atoms with E-state index >= 15 is 0 Å². The van der Waals surface area contributed by atoms with Crippen molar-refractivity contribution in [1.82, 2.24) is 19.6 Å². The van der Waals surface area contributed by atoms with Crippen molar-refractivity contribution >= 4 is 23.3 Å². The predicted molar refractivity (Wildman–Crippen MR) is 125 cm³/mol. The molecule has 0 bridgehead atoms. The summed E-state index contributed by atoms with van der Waals surface area (Å²) in [5.41, 5.74) is 3.05. The second kappa shape index (κ2) is 9.97. The standard InChI is InChI=1S/C24H32N6O2/c1-4-19-16-27-30-21(26-15-18-8-7-10-25-14-18)13-22(28-24(19)30)29-11-6-5-9-20(29)12-23(31)32-17(2)3/h7-8,10,13-14,16-17,20,26H,4-6,9,11-12,15H2,1-3H3/t20-/m0/s1. The molecular weight excluding hydrogens is 404 g/mol. The van der Waals surface area contributed by atoms with Crippen molar-refractivity contribution in [3.8, 4) is 0 Å². The molecule has 1 aliphatic rings. The Morgan fingerprint density at radius 3 is 2.94 bits per heavy atom. The predicted octanol–water partition coefficient (Wildman–Crippen LogP) is 4.00. The second-order valence-corrected chi connectivity index (χ2v) is 8.56. The number of fused-ring (bicyclic) bond motifs is 1. The van der Waals surface area contributed by atoms with Gasteiger partial charge in [0.25, 0.3) is 0 Å². The summed E-state index contributed by atoms with van der Waals surface area (Å²) in [6.07, 6.45) is 9.79. The molecular formula is C24H32N6O2. The van der Waals surface area contributed by atoms with E-state index in [4.69, 9.17) is 9.72 Å². The van der Waals surface area contributed by atoms with Crippen LogP contribution in [0.5, 0.6) is 0 Å². The van der Waals surface area contributed by atoms with E-state index in [0.717, 1.165) is 60.6 Å². The first-order valence-electron chi connectivity index (χ1n) is 11.5. The fraction of sp³-hybridized carbons (Fsp3) is 0.500. The van der Waals surface area contributed by atoms with Gasteiger partial charge in [0.1, 0.15) is 11.6 Å². The Hall–Kier alpha value is -3.16. The van der Waals surface area contributed by atoms with Crippen LogP contribution in [0.1, 0.15) is 57.6 Å². The van der Waals surface area contributed by atoms with Crippen LogP contribution in [0.25, 0.3) is 5.65 Å². The minimum atomic E-state index is -0.147. The molecule has 1 atom stereocenters. The van der Waals surface area contributed by atoms with Crippen LogP contribution in [-0.4, -0.2) is 44.2 Å². The molecule has 4 rings (SSSR count). The molecule has 1 N–H and O–H groups in total. The van der Waals surface area contributed by atoms with E-state index < -0.39 is 0 Å². The molecule has 0 saturated carbocycles. The summed E-state index contributed by atoms with van der Waals surface area (Å²) in [5, 5.41) is 8.08. The third-order valence-corrected chi connectivity index (χ3v) is 5.80. The number of aryl methyl sites for hydroxylation is 1. The smallest absolute Gasteiger partial charge is 0.308 e. The van der Waals surface area contributed by atoms with E-state index in [1.54, 1.807) is 6.20 Å². The van der Waals surface area contributed by atoms with Crippen molar-refractivity contribution in [3.05, 3.63) is 47.9 Å². The lowest BCUT2D eigenvalue weighted by Crippen LogP contribution is -2.42. The maximum Gasteiger partial charge on any atom is 0.308 e. The summed E-state index contributed by atoms with van der Waals surface area (Å²) in [4.78, 5) is 23.8. The van der Waals surface area contributed by atoms with Gasteiger partial charge in [0.05, 0.1) is 18.7 Å². The topological polar surface area (TPSA) is 84.7 Å². The Kier molecular flexibility index (Phi) is 6.87. The van der Waals surface area contributed by atoms with E-state index in [1.165, 1.54) is 0 Å². The van der Waals surface area contributed by atoms with Crippen molar-refractivity contribution < 1.29 is 9.53 Å². The van der Waals surface area contributed by atoms with Crippen LogP contribution in [-0.2, 0) is 22.5 Å². The van der Waals surface area contributed by atoms with Gasteiger partial charge in [-0.1, -0.05) is 13.0 Å². The molecule has 8 nitrogen and oxygen atoms in total. The number of nitrogens with one attached hydrogen (secondary N) is 1. The SMILES string of the molecule is CCc1cnn2c(NCc3cccnc3)cc(N3CCCC[C@H]3CC(=O)OC(C)C)nc12. The number of esters is 1. The molecule has 0 unspecified atom stereocenters. The van der Waals surface area contributed by atoms with Gasteiger partial charge in [-0.3, -0.25) is 9.78 Å². The van der Waals surface area contributed by atoms with Gasteiger partial charge in [-0.05, 0) is 51.2 Å². The molecule has 8 heteroatoms. The number of carbonyl (C=O) groups excluding carboxylic acids is 1. The van der Waals surface area contributed by atoms with Crippen LogP contribution in [0.3, 0.4) is 0 Å². The Labute approximate surface area is 189 Å². The zero-order valence-corrected chi connectivity index (χ0v) is 19.1. The highest BCUT2D eigenvalue weighted by Crippen LogP contribution is 2.29. The molecule has 3 aromatic rings. The van der Waals surface area contributed by atoms with E-state index in [-0.39, 0.29) is 18.1 Å². The van der Waals surface area contributed by atoms with Crippen molar-refractivity contribution in [2.45, 2.75) is 71.6 Å². The van der Waals surface area contributed by atoms with E-state index in [9.17, 15) is 4.79 Å². The highest BCUT2D eigenvalue weighted by Gasteiger charge is 2.28. The van der Waals surface area contributed by atoms with Crippen LogP contribution in [0.2, 0.25) is 0 Å². The Balaban J connectivity index is 1.65. The van der Waals surface area contributed by atoms with Crippen molar-refractivity contribution in [3.63, 3.8) is 0 Å². The van der Waals surface area contributed by atoms with Gasteiger partial charge in [-0.2, -0.15) is 9.61 Å². The molecule has 0 aromatic carbocycles. The Morgan fingerprint density at radius 2 is 2.19 bits per heavy atom. The maximum absolute atomic E-state index is 12.4. The molecule has 1 aliphatic heterocycles. The number of anilines is 2. The number of rotatable bonds is 8. The molecule has 4 heterocycles. The normalized spacial score (nSPS) is 16.5. The van der Waals surface area contributed by atoms with Gasteiger partial charge in [-0.25, -0.2) is 4.98 Å². The van der Waals surface area contributed by atoms with Crippen molar-refractivity contribution in [2.24, 2.45) is 0 Å². The molecule has 0 spiro atoms. The summed E-state index contributed by atoms with van der Waals surface area (Å²) >= 11 is 0. The van der Waals surface area contributed by atoms with Gasteiger partial charge in [0, 0.05) is 43.2 Å². The number of hydrogen-bond acceptors (Lipinski definition) is 7. The average molecular weight is 437 g/mol. The first-order chi connectivity index (χ1) is 15.5. The largest absolute Gasteiger partial charge is 0.463 e. The van der Waals surface area contributed by atoms with E-state index in [0.29, 0.717) is 13.0 Å². The molecule has 0 radical (unpaired) electrons. The summed E-state index contributed by atoms with van der Waals surface area (Å²) in [6, 6.07) is 6.11. The quantitative estimate of drug-likeness (QED) is 0.534. The number of ether oxygens (including phenoxy) is 1. The monoisotopic (exact) mass is 436 g/mol. The fourth-order valence-electron chi connectivity index (χ4n) is 4.23. The molecule has 1 saturated heterocycles. The second-order valence-electron chi connectivity index (χ2n) is 8.56. The van der Waals surface area contributed by atoms with Crippen LogP contribution in [0.4, 0.5) is 11.6 Å². The Morgan fingerprint density at radius 1 is 1.31 bits per heavy atom. The van der Waals surface area contributed by atoms with Gasteiger partial charge < -0.3 is 15.0 Å². The minimum absolute atomic E-state index is 0.0871. The minimum Gasteiger partial charge on any atom is -0.463 e. The van der Waals surface area contributed by atoms with Crippen molar-refractivity contribution in [2.75, 3.05) is 16.8 Å². The lowest BCUT2D eigenvalue weighted by atomic mass is 9.99. The summed E-state index contributed by atoms with van der Waals surface area (Å²) < 4.78 is 7.29. The number of nitrogens with zero attached hydrogens (tertiary/aromatic N) is 5. The van der Waals surface area contributed by atoms with Crippen LogP contribution >= 0.6 is 0 Å². The first kappa shape index (κ1) is 22.0. The summed E-state index contributed by atoms with van der Waals surface area (Å²) in [6.45, 7) is 7.40. The number of aromatic nitrogens is 4. The molecule has 0 amide bonds. The lowest BCUT2D eigenvalue weighted by Gasteiger charge is -2.36. The fourth-order valence-corrected chi connectivity index (χ4v) is 4.23. The number of pyridine rings is 1. The van der Waals surface area contributed by atoms with Gasteiger partial charge in [0.2, 0.25) is 0 Å². The third-order valence-electron chi connectivity index (χ3n) is 5.80. The van der Waals surface area contributed by atoms with Crippen LogP contribution < -0.4 is 10.2 Å². The van der Waals surface area contributed by atoms with Gasteiger partial charge in [-0.15, -0.1) is 0 Å².